The number of aromatic nitrogens is 4. The molecule has 0 aliphatic rings. The molecule has 0 radical (unpaired) electrons. The van der Waals surface area contributed by atoms with Crippen LogP contribution < -0.4 is 5.32 Å². The van der Waals surface area contributed by atoms with E-state index in [-0.39, 0.29) is 17.8 Å². The molecule has 9 nitrogen and oxygen atoms in total. The number of nitro groups is 1. The standard InChI is InChI=1S/C10H10N6O3/c1-6-2-3-7(16(18)19)4-8(6)10(17)11-5-9-12-14-15-13-9/h2-4H,5H2,1H3,(H,11,17)(H,12,13,14,15). The van der Waals surface area contributed by atoms with E-state index in [1.54, 1.807) is 6.92 Å². The van der Waals surface area contributed by atoms with E-state index in [0.29, 0.717) is 11.4 Å². The molecule has 19 heavy (non-hydrogen) atoms. The molecule has 2 N–H and O–H groups in total. The lowest BCUT2D eigenvalue weighted by Crippen LogP contribution is -2.24. The Morgan fingerprint density at radius 2 is 2.32 bits per heavy atom. The summed E-state index contributed by atoms with van der Waals surface area (Å²) >= 11 is 0. The molecule has 0 saturated heterocycles. The van der Waals surface area contributed by atoms with Gasteiger partial charge in [0, 0.05) is 17.7 Å². The molecule has 98 valence electrons. The molecular weight excluding hydrogens is 252 g/mol. The maximum absolute atomic E-state index is 11.9. The lowest BCUT2D eigenvalue weighted by atomic mass is 10.1. The summed E-state index contributed by atoms with van der Waals surface area (Å²) in [4.78, 5) is 22.0. The number of carbonyl (C=O) groups excluding carboxylic acids is 1. The molecule has 2 aromatic rings. The van der Waals surface area contributed by atoms with Gasteiger partial charge in [-0.15, -0.1) is 10.2 Å². The van der Waals surface area contributed by atoms with E-state index in [1.807, 2.05) is 0 Å². The molecule has 0 aliphatic carbocycles. The van der Waals surface area contributed by atoms with Gasteiger partial charge in [-0.1, -0.05) is 11.3 Å². The number of H-pyrrole nitrogens is 1. The second-order valence-corrected chi connectivity index (χ2v) is 3.77. The van der Waals surface area contributed by atoms with Crippen LogP contribution in [0.2, 0.25) is 0 Å². The molecule has 1 heterocycles. The predicted molar refractivity (Wildman–Crippen MR) is 63.2 cm³/mol. The third-order valence-corrected chi connectivity index (χ3v) is 2.47. The lowest BCUT2D eigenvalue weighted by molar-refractivity contribution is -0.384. The first-order valence-electron chi connectivity index (χ1n) is 5.33. The first-order valence-corrected chi connectivity index (χ1v) is 5.33. The number of nitrogens with one attached hydrogen (secondary N) is 2. The van der Waals surface area contributed by atoms with Crippen LogP contribution >= 0.6 is 0 Å². The van der Waals surface area contributed by atoms with Gasteiger partial charge in [-0.25, -0.2) is 0 Å². The van der Waals surface area contributed by atoms with Crippen molar-refractivity contribution in [3.63, 3.8) is 0 Å². The van der Waals surface area contributed by atoms with Gasteiger partial charge < -0.3 is 5.32 Å². The van der Waals surface area contributed by atoms with Crippen LogP contribution in [0.3, 0.4) is 0 Å². The monoisotopic (exact) mass is 262 g/mol. The van der Waals surface area contributed by atoms with Crippen molar-refractivity contribution in [2.24, 2.45) is 0 Å². The second kappa shape index (κ2) is 5.21. The maximum Gasteiger partial charge on any atom is 0.270 e. The maximum atomic E-state index is 11.9. The second-order valence-electron chi connectivity index (χ2n) is 3.77. The summed E-state index contributed by atoms with van der Waals surface area (Å²) in [5, 5.41) is 26.2. The van der Waals surface area contributed by atoms with Gasteiger partial charge >= 0.3 is 0 Å². The van der Waals surface area contributed by atoms with Crippen molar-refractivity contribution in [3.05, 3.63) is 45.3 Å². The smallest absolute Gasteiger partial charge is 0.270 e. The molecule has 1 aromatic heterocycles. The molecule has 0 unspecified atom stereocenters. The van der Waals surface area contributed by atoms with E-state index in [4.69, 9.17) is 0 Å². The van der Waals surface area contributed by atoms with Crippen molar-refractivity contribution >= 4 is 11.6 Å². The fourth-order valence-electron chi connectivity index (χ4n) is 1.48. The molecule has 1 amide bonds. The number of rotatable bonds is 4. The lowest BCUT2D eigenvalue weighted by Gasteiger charge is -2.05. The van der Waals surface area contributed by atoms with Crippen LogP contribution in [-0.4, -0.2) is 31.5 Å². The quantitative estimate of drug-likeness (QED) is 0.604. The van der Waals surface area contributed by atoms with Gasteiger partial charge in [-0.3, -0.25) is 14.9 Å². The van der Waals surface area contributed by atoms with E-state index in [2.05, 4.69) is 25.9 Å². The summed E-state index contributed by atoms with van der Waals surface area (Å²) in [7, 11) is 0. The number of carbonyl (C=O) groups is 1. The highest BCUT2D eigenvalue weighted by atomic mass is 16.6. The predicted octanol–water partition coefficient (Wildman–Crippen LogP) is 0.346. The van der Waals surface area contributed by atoms with Crippen molar-refractivity contribution in [1.82, 2.24) is 25.9 Å². The highest BCUT2D eigenvalue weighted by Gasteiger charge is 2.14. The van der Waals surface area contributed by atoms with Crippen molar-refractivity contribution in [2.75, 3.05) is 0 Å². The normalized spacial score (nSPS) is 10.2. The average molecular weight is 262 g/mol. The van der Waals surface area contributed by atoms with Gasteiger partial charge in [-0.2, -0.15) is 5.21 Å². The first-order chi connectivity index (χ1) is 9.08. The number of tetrazole rings is 1. The van der Waals surface area contributed by atoms with Crippen molar-refractivity contribution in [1.29, 1.82) is 0 Å². The van der Waals surface area contributed by atoms with Crippen LogP contribution in [0.5, 0.6) is 0 Å². The minimum absolute atomic E-state index is 0.0947. The Balaban J connectivity index is 2.14. The summed E-state index contributed by atoms with van der Waals surface area (Å²) < 4.78 is 0. The van der Waals surface area contributed by atoms with Crippen LogP contribution in [-0.2, 0) is 6.54 Å². The van der Waals surface area contributed by atoms with Gasteiger partial charge in [0.15, 0.2) is 5.82 Å². The molecule has 0 bridgehead atoms. The number of aryl methyl sites for hydroxylation is 1. The zero-order valence-electron chi connectivity index (χ0n) is 9.95. The number of nitro benzene ring substituents is 1. The number of aromatic amines is 1. The summed E-state index contributed by atoms with van der Waals surface area (Å²) in [6.45, 7) is 1.80. The van der Waals surface area contributed by atoms with E-state index >= 15 is 0 Å². The molecular formula is C10H10N6O3. The topological polar surface area (TPSA) is 127 Å². The summed E-state index contributed by atoms with van der Waals surface area (Å²) in [6.07, 6.45) is 0. The number of non-ortho nitro benzene ring substituents is 1. The van der Waals surface area contributed by atoms with Crippen molar-refractivity contribution in [2.45, 2.75) is 13.5 Å². The summed E-state index contributed by atoms with van der Waals surface area (Å²) in [6, 6.07) is 4.12. The minimum atomic E-state index is -0.546. The van der Waals surface area contributed by atoms with Crippen LogP contribution in [0.1, 0.15) is 21.7 Å². The van der Waals surface area contributed by atoms with Crippen LogP contribution in [0, 0.1) is 17.0 Å². The fraction of sp³-hybridized carbons (Fsp3) is 0.200. The molecule has 0 saturated carbocycles. The summed E-state index contributed by atoms with van der Waals surface area (Å²) in [5.74, 6) is -0.0950. The van der Waals surface area contributed by atoms with Crippen molar-refractivity contribution < 1.29 is 9.72 Å². The summed E-state index contributed by atoms with van der Waals surface area (Å²) in [5.41, 5.74) is 0.768. The SMILES string of the molecule is Cc1ccc([N+](=O)[O-])cc1C(=O)NCc1nn[nH]n1. The Labute approximate surface area is 107 Å². The molecule has 9 heteroatoms. The van der Waals surface area contributed by atoms with Crippen LogP contribution in [0.25, 0.3) is 0 Å². The number of hydrogen-bond donors (Lipinski definition) is 2. The zero-order valence-corrected chi connectivity index (χ0v) is 9.95. The van der Waals surface area contributed by atoms with Gasteiger partial charge in [0.05, 0.1) is 11.5 Å². The Hall–Kier alpha value is -2.84. The highest BCUT2D eigenvalue weighted by molar-refractivity contribution is 5.96. The van der Waals surface area contributed by atoms with E-state index < -0.39 is 10.8 Å². The van der Waals surface area contributed by atoms with E-state index in [1.165, 1.54) is 18.2 Å². The van der Waals surface area contributed by atoms with Gasteiger partial charge in [0.1, 0.15) is 0 Å². The third-order valence-electron chi connectivity index (χ3n) is 2.47. The molecule has 0 spiro atoms. The van der Waals surface area contributed by atoms with Crippen molar-refractivity contribution in [3.8, 4) is 0 Å². The number of benzene rings is 1. The highest BCUT2D eigenvalue weighted by Crippen LogP contribution is 2.17. The first kappa shape index (κ1) is 12.6. The Kier molecular flexibility index (Phi) is 3.46. The third kappa shape index (κ3) is 2.89. The largest absolute Gasteiger partial charge is 0.345 e. The van der Waals surface area contributed by atoms with Crippen LogP contribution in [0.15, 0.2) is 18.2 Å². The molecule has 2 rings (SSSR count). The van der Waals surface area contributed by atoms with Crippen LogP contribution in [0.4, 0.5) is 5.69 Å². The zero-order chi connectivity index (χ0) is 13.8. The fourth-order valence-corrected chi connectivity index (χ4v) is 1.48. The molecule has 0 aliphatic heterocycles. The Morgan fingerprint density at radius 1 is 1.53 bits per heavy atom. The van der Waals surface area contributed by atoms with E-state index in [9.17, 15) is 14.9 Å². The van der Waals surface area contributed by atoms with E-state index in [0.717, 1.165) is 0 Å². The number of hydrogen-bond acceptors (Lipinski definition) is 6. The number of amides is 1. The minimum Gasteiger partial charge on any atom is -0.345 e. The molecule has 1 aromatic carbocycles. The molecule has 0 fully saturated rings. The number of nitrogens with zero attached hydrogens (tertiary/aromatic N) is 4. The average Bonchev–Trinajstić information content (AvgIpc) is 2.89. The van der Waals surface area contributed by atoms with Gasteiger partial charge in [0.2, 0.25) is 0 Å². The molecule has 0 atom stereocenters. The van der Waals surface area contributed by atoms with Gasteiger partial charge in [0.25, 0.3) is 11.6 Å². The Bertz CT molecular complexity index is 610. The Morgan fingerprint density at radius 3 is 2.95 bits per heavy atom. The van der Waals surface area contributed by atoms with Gasteiger partial charge in [-0.05, 0) is 12.5 Å².